The molecule has 7 heteroatoms. The van der Waals surface area contributed by atoms with Crippen molar-refractivity contribution in [2.45, 2.75) is 38.9 Å². The normalized spacial score (nSPS) is 15.4. The van der Waals surface area contributed by atoms with Gasteiger partial charge in [-0.05, 0) is 42.5 Å². The van der Waals surface area contributed by atoms with Crippen LogP contribution in [0.3, 0.4) is 0 Å². The lowest BCUT2D eigenvalue weighted by molar-refractivity contribution is -0.127. The Morgan fingerprint density at radius 1 is 1.12 bits per heavy atom. The summed E-state index contributed by atoms with van der Waals surface area (Å²) in [6, 6.07) is 15.8. The molecule has 0 radical (unpaired) electrons. The van der Waals surface area contributed by atoms with Gasteiger partial charge < -0.3 is 15.5 Å². The maximum Gasteiger partial charge on any atom is 0.241 e. The van der Waals surface area contributed by atoms with E-state index in [-0.39, 0.29) is 24.3 Å². The molecule has 0 bridgehead atoms. The molecule has 1 saturated heterocycles. The second-order valence-corrected chi connectivity index (χ2v) is 8.57. The first-order valence-corrected chi connectivity index (χ1v) is 11.2. The van der Waals surface area contributed by atoms with Crippen LogP contribution in [-0.4, -0.2) is 61.4 Å². The van der Waals surface area contributed by atoms with Gasteiger partial charge in [-0.2, -0.15) is 0 Å². The Balaban J connectivity index is 1.57. The van der Waals surface area contributed by atoms with E-state index in [2.05, 4.69) is 44.8 Å². The molecular formula is C25H34FN5O. The zero-order valence-electron chi connectivity index (χ0n) is 19.3. The van der Waals surface area contributed by atoms with Gasteiger partial charge >= 0.3 is 0 Å². The van der Waals surface area contributed by atoms with Crippen LogP contribution in [0.1, 0.15) is 29.5 Å². The highest BCUT2D eigenvalue weighted by atomic mass is 19.1. The van der Waals surface area contributed by atoms with E-state index in [1.54, 1.807) is 32.0 Å². The monoisotopic (exact) mass is 439 g/mol. The highest BCUT2D eigenvalue weighted by molar-refractivity contribution is 5.86. The highest BCUT2D eigenvalue weighted by Gasteiger charge is 2.20. The molecule has 0 aromatic heterocycles. The lowest BCUT2D eigenvalue weighted by Gasteiger charge is -2.33. The number of guanidine groups is 1. The van der Waals surface area contributed by atoms with Gasteiger partial charge in [0.05, 0.1) is 13.1 Å². The van der Waals surface area contributed by atoms with Gasteiger partial charge in [0.1, 0.15) is 5.82 Å². The summed E-state index contributed by atoms with van der Waals surface area (Å²) < 4.78 is 13.6. The van der Waals surface area contributed by atoms with Crippen molar-refractivity contribution in [2.24, 2.45) is 4.99 Å². The van der Waals surface area contributed by atoms with E-state index in [1.165, 1.54) is 11.6 Å². The SMILES string of the molecule is Cc1cc(CN=C(NCC(=O)N(C)C)NC2CCN(Cc3ccccc3)CC2)ccc1F. The number of likely N-dealkylation sites (tertiary alicyclic amines) is 1. The minimum absolute atomic E-state index is 0.0187. The van der Waals surface area contributed by atoms with Gasteiger partial charge in [0, 0.05) is 39.8 Å². The smallest absolute Gasteiger partial charge is 0.241 e. The van der Waals surface area contributed by atoms with Gasteiger partial charge in [-0.1, -0.05) is 42.5 Å². The molecule has 2 aromatic rings. The number of piperidine rings is 1. The molecule has 2 aromatic carbocycles. The average molecular weight is 440 g/mol. The van der Waals surface area contributed by atoms with Crippen LogP contribution in [-0.2, 0) is 17.9 Å². The molecule has 0 atom stereocenters. The van der Waals surface area contributed by atoms with Crippen LogP contribution in [0.25, 0.3) is 0 Å². The Kier molecular flexibility index (Phi) is 8.62. The van der Waals surface area contributed by atoms with Gasteiger partial charge in [-0.25, -0.2) is 9.38 Å². The number of hydrogen-bond donors (Lipinski definition) is 2. The van der Waals surface area contributed by atoms with E-state index in [4.69, 9.17) is 0 Å². The van der Waals surface area contributed by atoms with Crippen molar-refractivity contribution in [3.05, 3.63) is 71.0 Å². The molecule has 1 aliphatic heterocycles. The zero-order valence-corrected chi connectivity index (χ0v) is 19.3. The van der Waals surface area contributed by atoms with Crippen LogP contribution in [0.15, 0.2) is 53.5 Å². The molecule has 0 saturated carbocycles. The number of aliphatic imine (C=N–C) groups is 1. The molecule has 3 rings (SSSR count). The van der Waals surface area contributed by atoms with Crippen LogP contribution in [0.5, 0.6) is 0 Å². The summed E-state index contributed by atoms with van der Waals surface area (Å²) in [6.07, 6.45) is 2.01. The second-order valence-electron chi connectivity index (χ2n) is 8.57. The predicted molar refractivity (Wildman–Crippen MR) is 127 cm³/mol. The molecule has 6 nitrogen and oxygen atoms in total. The summed E-state index contributed by atoms with van der Waals surface area (Å²) in [6.45, 7) is 5.32. The molecule has 1 fully saturated rings. The topological polar surface area (TPSA) is 60.0 Å². The van der Waals surface area contributed by atoms with Gasteiger partial charge in [-0.15, -0.1) is 0 Å². The first-order chi connectivity index (χ1) is 15.4. The van der Waals surface area contributed by atoms with Crippen molar-refractivity contribution in [1.29, 1.82) is 0 Å². The Bertz CT molecular complexity index is 908. The number of halogens is 1. The van der Waals surface area contributed by atoms with E-state index >= 15 is 0 Å². The van der Waals surface area contributed by atoms with Gasteiger partial charge in [0.15, 0.2) is 5.96 Å². The minimum Gasteiger partial charge on any atom is -0.354 e. The van der Waals surface area contributed by atoms with E-state index < -0.39 is 0 Å². The van der Waals surface area contributed by atoms with Crippen LogP contribution in [0.2, 0.25) is 0 Å². The molecule has 32 heavy (non-hydrogen) atoms. The van der Waals surface area contributed by atoms with E-state index in [9.17, 15) is 9.18 Å². The van der Waals surface area contributed by atoms with Crippen molar-refractivity contribution in [2.75, 3.05) is 33.7 Å². The fraction of sp³-hybridized carbons (Fsp3) is 0.440. The number of carbonyl (C=O) groups excluding carboxylic acids is 1. The quantitative estimate of drug-likeness (QED) is 0.515. The van der Waals surface area contributed by atoms with Crippen molar-refractivity contribution in [3.63, 3.8) is 0 Å². The summed E-state index contributed by atoms with van der Waals surface area (Å²) >= 11 is 0. The number of hydrogen-bond acceptors (Lipinski definition) is 3. The predicted octanol–water partition coefficient (Wildman–Crippen LogP) is 2.92. The third-order valence-electron chi connectivity index (χ3n) is 5.73. The molecule has 172 valence electrons. The second kappa shape index (κ2) is 11.6. The largest absolute Gasteiger partial charge is 0.354 e. The van der Waals surface area contributed by atoms with E-state index in [0.717, 1.165) is 38.0 Å². The third-order valence-corrected chi connectivity index (χ3v) is 5.73. The van der Waals surface area contributed by atoms with Crippen LogP contribution in [0, 0.1) is 12.7 Å². The van der Waals surface area contributed by atoms with Crippen LogP contribution in [0.4, 0.5) is 4.39 Å². The van der Waals surface area contributed by atoms with E-state index in [0.29, 0.717) is 18.1 Å². The third kappa shape index (κ3) is 7.34. The first-order valence-electron chi connectivity index (χ1n) is 11.2. The summed E-state index contributed by atoms with van der Waals surface area (Å²) in [4.78, 5) is 20.7. The number of carbonyl (C=O) groups is 1. The molecule has 1 amide bonds. The lowest BCUT2D eigenvalue weighted by atomic mass is 10.0. The molecule has 0 unspecified atom stereocenters. The Morgan fingerprint density at radius 2 is 1.84 bits per heavy atom. The number of likely N-dealkylation sites (N-methyl/N-ethyl adjacent to an activating group) is 1. The van der Waals surface area contributed by atoms with Crippen molar-refractivity contribution in [1.82, 2.24) is 20.4 Å². The van der Waals surface area contributed by atoms with Gasteiger partial charge in [-0.3, -0.25) is 9.69 Å². The van der Waals surface area contributed by atoms with Crippen LogP contribution >= 0.6 is 0 Å². The van der Waals surface area contributed by atoms with Crippen LogP contribution < -0.4 is 10.6 Å². The number of nitrogens with zero attached hydrogens (tertiary/aromatic N) is 3. The molecule has 1 heterocycles. The minimum atomic E-state index is -0.215. The summed E-state index contributed by atoms with van der Waals surface area (Å²) in [5.41, 5.74) is 2.87. The molecule has 0 spiro atoms. The van der Waals surface area contributed by atoms with Crippen molar-refractivity contribution in [3.8, 4) is 0 Å². The molecular weight excluding hydrogens is 405 g/mol. The highest BCUT2D eigenvalue weighted by Crippen LogP contribution is 2.14. The van der Waals surface area contributed by atoms with Gasteiger partial charge in [0.2, 0.25) is 5.91 Å². The number of amides is 1. The number of benzene rings is 2. The zero-order chi connectivity index (χ0) is 22.9. The maximum absolute atomic E-state index is 13.6. The summed E-state index contributed by atoms with van der Waals surface area (Å²) in [5, 5.41) is 6.65. The van der Waals surface area contributed by atoms with E-state index in [1.807, 2.05) is 12.1 Å². The fourth-order valence-electron chi connectivity index (χ4n) is 3.72. The Hall–Kier alpha value is -2.93. The van der Waals surface area contributed by atoms with Crippen molar-refractivity contribution >= 4 is 11.9 Å². The first kappa shape index (κ1) is 23.7. The Labute approximate surface area is 190 Å². The maximum atomic E-state index is 13.6. The average Bonchev–Trinajstić information content (AvgIpc) is 2.79. The molecule has 0 aliphatic carbocycles. The fourth-order valence-corrected chi connectivity index (χ4v) is 3.72. The number of rotatable bonds is 7. The standard InChI is InChI=1S/C25H34FN5O/c1-19-15-21(9-10-23(19)26)16-27-25(28-17-24(32)30(2)3)29-22-11-13-31(14-12-22)18-20-7-5-4-6-8-20/h4-10,15,22H,11-14,16-18H2,1-3H3,(H2,27,28,29). The molecule has 1 aliphatic rings. The Morgan fingerprint density at radius 3 is 2.50 bits per heavy atom. The number of nitrogens with one attached hydrogen (secondary N) is 2. The van der Waals surface area contributed by atoms with Gasteiger partial charge in [0.25, 0.3) is 0 Å². The van der Waals surface area contributed by atoms with Crippen molar-refractivity contribution < 1.29 is 9.18 Å². The lowest BCUT2D eigenvalue weighted by Crippen LogP contribution is -2.50. The molecule has 2 N–H and O–H groups in total. The summed E-state index contributed by atoms with van der Waals surface area (Å²) in [7, 11) is 3.47. The number of aryl methyl sites for hydroxylation is 1. The summed E-state index contributed by atoms with van der Waals surface area (Å²) in [5.74, 6) is 0.381.